The number of halogens is 5. The molecule has 3 rings (SSSR count). The summed E-state index contributed by atoms with van der Waals surface area (Å²) in [6, 6.07) is 5.75. The molecule has 2 aromatic rings. The van der Waals surface area contributed by atoms with Crippen molar-refractivity contribution in [3.63, 3.8) is 0 Å². The second-order valence-corrected chi connectivity index (χ2v) is 5.88. The standard InChI is InChI=1S/C18H15F5N2O2/c19-12-2-1-3-13(20)16(12)17(26)24-14-10-11(18(21,22)23)4-5-15(14)25-6-8-27-9-7-25/h1-5,10H,6-9H2,(H,24,26). The molecule has 144 valence electrons. The largest absolute Gasteiger partial charge is 0.416 e. The Bertz CT molecular complexity index is 828. The quantitative estimate of drug-likeness (QED) is 0.809. The van der Waals surface area contributed by atoms with Gasteiger partial charge < -0.3 is 15.0 Å². The minimum atomic E-state index is -4.63. The fourth-order valence-electron chi connectivity index (χ4n) is 2.79. The monoisotopic (exact) mass is 386 g/mol. The lowest BCUT2D eigenvalue weighted by molar-refractivity contribution is -0.137. The van der Waals surface area contributed by atoms with Gasteiger partial charge >= 0.3 is 6.18 Å². The highest BCUT2D eigenvalue weighted by Gasteiger charge is 2.32. The molecule has 0 aromatic heterocycles. The van der Waals surface area contributed by atoms with Gasteiger partial charge in [0.2, 0.25) is 0 Å². The van der Waals surface area contributed by atoms with Crippen LogP contribution < -0.4 is 10.2 Å². The number of rotatable bonds is 3. The molecule has 0 aliphatic carbocycles. The molecule has 0 atom stereocenters. The highest BCUT2D eigenvalue weighted by atomic mass is 19.4. The van der Waals surface area contributed by atoms with E-state index < -0.39 is 34.8 Å². The highest BCUT2D eigenvalue weighted by molar-refractivity contribution is 6.06. The summed E-state index contributed by atoms with van der Waals surface area (Å²) in [4.78, 5) is 14.1. The Morgan fingerprint density at radius 1 is 1.04 bits per heavy atom. The molecule has 1 saturated heterocycles. The van der Waals surface area contributed by atoms with Crippen molar-refractivity contribution in [1.29, 1.82) is 0 Å². The molecule has 1 amide bonds. The Morgan fingerprint density at radius 2 is 1.67 bits per heavy atom. The average molecular weight is 386 g/mol. The summed E-state index contributed by atoms with van der Waals surface area (Å²) in [5.74, 6) is -3.38. The molecule has 1 fully saturated rings. The van der Waals surface area contributed by atoms with Crippen molar-refractivity contribution in [2.45, 2.75) is 6.18 Å². The van der Waals surface area contributed by atoms with Crippen molar-refractivity contribution >= 4 is 17.3 Å². The van der Waals surface area contributed by atoms with Crippen molar-refractivity contribution in [2.75, 3.05) is 36.5 Å². The molecule has 0 spiro atoms. The van der Waals surface area contributed by atoms with Crippen molar-refractivity contribution in [3.8, 4) is 0 Å². The van der Waals surface area contributed by atoms with E-state index in [1.165, 1.54) is 6.07 Å². The van der Waals surface area contributed by atoms with Gasteiger partial charge in [0, 0.05) is 13.1 Å². The highest BCUT2D eigenvalue weighted by Crippen LogP contribution is 2.36. The van der Waals surface area contributed by atoms with Crippen LogP contribution in [0.5, 0.6) is 0 Å². The van der Waals surface area contributed by atoms with E-state index in [1.807, 2.05) is 0 Å². The number of carbonyl (C=O) groups is 1. The zero-order valence-electron chi connectivity index (χ0n) is 13.9. The maximum absolute atomic E-state index is 13.8. The minimum Gasteiger partial charge on any atom is -0.378 e. The number of amides is 1. The molecule has 0 radical (unpaired) electrons. The molecule has 27 heavy (non-hydrogen) atoms. The van der Waals surface area contributed by atoms with E-state index in [2.05, 4.69) is 5.32 Å². The average Bonchev–Trinajstić information content (AvgIpc) is 2.61. The number of nitrogens with zero attached hydrogens (tertiary/aromatic N) is 1. The van der Waals surface area contributed by atoms with Gasteiger partial charge in [-0.25, -0.2) is 8.78 Å². The summed E-state index contributed by atoms with van der Waals surface area (Å²) in [6.45, 7) is 1.55. The van der Waals surface area contributed by atoms with Gasteiger partial charge in [0.05, 0.1) is 30.2 Å². The van der Waals surface area contributed by atoms with E-state index in [0.29, 0.717) is 32.0 Å². The first kappa shape index (κ1) is 19.1. The van der Waals surface area contributed by atoms with E-state index in [-0.39, 0.29) is 5.69 Å². The number of hydrogen-bond acceptors (Lipinski definition) is 3. The maximum Gasteiger partial charge on any atom is 0.416 e. The summed E-state index contributed by atoms with van der Waals surface area (Å²) < 4.78 is 72.0. The number of morpholine rings is 1. The third kappa shape index (κ3) is 4.19. The van der Waals surface area contributed by atoms with Crippen LogP contribution in [0.3, 0.4) is 0 Å². The first-order valence-corrected chi connectivity index (χ1v) is 8.06. The third-order valence-corrected chi connectivity index (χ3v) is 4.11. The lowest BCUT2D eigenvalue weighted by atomic mass is 10.1. The Hall–Kier alpha value is -2.68. The molecule has 0 saturated carbocycles. The summed E-state index contributed by atoms with van der Waals surface area (Å²) in [6.07, 6.45) is -4.63. The van der Waals surface area contributed by atoms with E-state index >= 15 is 0 Å². The van der Waals surface area contributed by atoms with Crippen molar-refractivity contribution in [2.24, 2.45) is 0 Å². The molecule has 1 heterocycles. The van der Waals surface area contributed by atoms with Crippen LogP contribution >= 0.6 is 0 Å². The van der Waals surface area contributed by atoms with Crippen LogP contribution in [0.1, 0.15) is 15.9 Å². The Morgan fingerprint density at radius 3 is 2.26 bits per heavy atom. The zero-order chi connectivity index (χ0) is 19.6. The van der Waals surface area contributed by atoms with Gasteiger partial charge in [-0.15, -0.1) is 0 Å². The maximum atomic E-state index is 13.8. The predicted molar refractivity (Wildman–Crippen MR) is 88.8 cm³/mol. The molecule has 1 N–H and O–H groups in total. The summed E-state index contributed by atoms with van der Waals surface area (Å²) in [5, 5.41) is 2.22. The van der Waals surface area contributed by atoms with Gasteiger partial charge in [-0.2, -0.15) is 13.2 Å². The lowest BCUT2D eigenvalue weighted by Crippen LogP contribution is -2.37. The van der Waals surface area contributed by atoms with Crippen LogP contribution in [-0.4, -0.2) is 32.2 Å². The van der Waals surface area contributed by atoms with E-state index in [1.54, 1.807) is 4.90 Å². The summed E-state index contributed by atoms with van der Waals surface area (Å²) in [7, 11) is 0. The number of alkyl halides is 3. The van der Waals surface area contributed by atoms with Crippen molar-refractivity contribution in [3.05, 3.63) is 59.2 Å². The number of anilines is 2. The van der Waals surface area contributed by atoms with Crippen LogP contribution in [0.2, 0.25) is 0 Å². The molecule has 1 aliphatic rings. The SMILES string of the molecule is O=C(Nc1cc(C(F)(F)F)ccc1N1CCOCC1)c1c(F)cccc1F. The first-order valence-electron chi connectivity index (χ1n) is 8.06. The minimum absolute atomic E-state index is 0.181. The second-order valence-electron chi connectivity index (χ2n) is 5.88. The third-order valence-electron chi connectivity index (χ3n) is 4.11. The fraction of sp³-hybridized carbons (Fsp3) is 0.278. The van der Waals surface area contributed by atoms with Gasteiger partial charge in [0.25, 0.3) is 5.91 Å². The zero-order valence-corrected chi connectivity index (χ0v) is 13.9. The Kier molecular flexibility index (Phi) is 5.31. The summed E-state index contributed by atoms with van der Waals surface area (Å²) in [5.41, 5.74) is -1.71. The van der Waals surface area contributed by atoms with Gasteiger partial charge in [0.15, 0.2) is 0 Å². The molecule has 4 nitrogen and oxygen atoms in total. The Labute approximate surface area is 151 Å². The number of nitrogens with one attached hydrogen (secondary N) is 1. The normalized spacial score (nSPS) is 14.9. The second kappa shape index (κ2) is 7.51. The number of ether oxygens (including phenoxy) is 1. The van der Waals surface area contributed by atoms with Gasteiger partial charge in [-0.05, 0) is 30.3 Å². The number of benzene rings is 2. The van der Waals surface area contributed by atoms with Crippen LogP contribution in [0, 0.1) is 11.6 Å². The van der Waals surface area contributed by atoms with Crippen LogP contribution in [0.15, 0.2) is 36.4 Å². The van der Waals surface area contributed by atoms with Crippen LogP contribution in [0.4, 0.5) is 33.3 Å². The van der Waals surface area contributed by atoms with Crippen LogP contribution in [0.25, 0.3) is 0 Å². The number of carbonyl (C=O) groups excluding carboxylic acids is 1. The van der Waals surface area contributed by atoms with Crippen molar-refractivity contribution in [1.82, 2.24) is 0 Å². The molecule has 1 aliphatic heterocycles. The Balaban J connectivity index is 1.99. The number of hydrogen-bond donors (Lipinski definition) is 1. The molecule has 0 bridgehead atoms. The molecule has 0 unspecified atom stereocenters. The summed E-state index contributed by atoms with van der Waals surface area (Å²) >= 11 is 0. The fourth-order valence-corrected chi connectivity index (χ4v) is 2.79. The van der Waals surface area contributed by atoms with E-state index in [0.717, 1.165) is 30.3 Å². The van der Waals surface area contributed by atoms with Gasteiger partial charge in [0.1, 0.15) is 17.2 Å². The first-order chi connectivity index (χ1) is 12.8. The lowest BCUT2D eigenvalue weighted by Gasteiger charge is -2.31. The van der Waals surface area contributed by atoms with Gasteiger partial charge in [-0.1, -0.05) is 6.07 Å². The van der Waals surface area contributed by atoms with Gasteiger partial charge in [-0.3, -0.25) is 4.79 Å². The smallest absolute Gasteiger partial charge is 0.378 e. The molecular weight excluding hydrogens is 371 g/mol. The topological polar surface area (TPSA) is 41.6 Å². The molecule has 2 aromatic carbocycles. The predicted octanol–water partition coefficient (Wildman–Crippen LogP) is 4.07. The van der Waals surface area contributed by atoms with Crippen LogP contribution in [-0.2, 0) is 10.9 Å². The van der Waals surface area contributed by atoms with Crippen molar-refractivity contribution < 1.29 is 31.5 Å². The van der Waals surface area contributed by atoms with E-state index in [4.69, 9.17) is 4.74 Å². The molecular formula is C18H15F5N2O2. The molecule has 9 heteroatoms. The van der Waals surface area contributed by atoms with E-state index in [9.17, 15) is 26.7 Å².